The highest BCUT2D eigenvalue weighted by atomic mass is 16.3. The summed E-state index contributed by atoms with van der Waals surface area (Å²) in [7, 11) is 0. The van der Waals surface area contributed by atoms with E-state index in [0.29, 0.717) is 0 Å². The average molecular weight is 301 g/mol. The quantitative estimate of drug-likeness (QED) is 0.426. The molecular formula is C18H40N2O. The van der Waals surface area contributed by atoms with Gasteiger partial charge in [0.2, 0.25) is 0 Å². The molecule has 0 spiro atoms. The molecule has 0 bridgehead atoms. The van der Waals surface area contributed by atoms with Gasteiger partial charge in [-0.15, -0.1) is 0 Å². The van der Waals surface area contributed by atoms with Crippen LogP contribution in [-0.4, -0.2) is 48.8 Å². The van der Waals surface area contributed by atoms with Crippen molar-refractivity contribution in [3.05, 3.63) is 0 Å². The summed E-state index contributed by atoms with van der Waals surface area (Å²) in [5.41, 5.74) is 0. The Morgan fingerprint density at radius 2 is 1.48 bits per heavy atom. The largest absolute Gasteiger partial charge is 0.392 e. The van der Waals surface area contributed by atoms with E-state index in [-0.39, 0.29) is 6.10 Å². The highest BCUT2D eigenvalue weighted by Gasteiger charge is 2.03. The number of nitrogens with zero attached hydrogens (tertiary/aromatic N) is 1. The van der Waals surface area contributed by atoms with E-state index in [2.05, 4.69) is 31.0 Å². The first kappa shape index (κ1) is 20.9. The van der Waals surface area contributed by atoms with Crippen LogP contribution in [0.2, 0.25) is 0 Å². The van der Waals surface area contributed by atoms with Gasteiger partial charge in [-0.25, -0.2) is 0 Å². The third-order valence-electron chi connectivity index (χ3n) is 4.24. The minimum atomic E-state index is -0.158. The number of aliphatic hydroxyl groups excluding tert-OH is 1. The van der Waals surface area contributed by atoms with Crippen molar-refractivity contribution in [1.29, 1.82) is 0 Å². The SMILES string of the molecule is CCCCCCCCCC(O)CNCCCN(CC)CC. The summed E-state index contributed by atoms with van der Waals surface area (Å²) in [4.78, 5) is 2.44. The Hall–Kier alpha value is -0.120. The number of unbranched alkanes of at least 4 members (excludes halogenated alkanes) is 6. The lowest BCUT2D eigenvalue weighted by atomic mass is 10.1. The monoisotopic (exact) mass is 300 g/mol. The lowest BCUT2D eigenvalue weighted by molar-refractivity contribution is 0.157. The maximum atomic E-state index is 9.92. The van der Waals surface area contributed by atoms with Gasteiger partial charge < -0.3 is 15.3 Å². The molecule has 0 aromatic carbocycles. The lowest BCUT2D eigenvalue weighted by Crippen LogP contribution is -2.31. The maximum Gasteiger partial charge on any atom is 0.0664 e. The molecule has 0 aromatic heterocycles. The van der Waals surface area contributed by atoms with E-state index >= 15 is 0 Å². The Morgan fingerprint density at radius 3 is 2.10 bits per heavy atom. The number of hydrogen-bond donors (Lipinski definition) is 2. The van der Waals surface area contributed by atoms with E-state index in [1.54, 1.807) is 0 Å². The van der Waals surface area contributed by atoms with Gasteiger partial charge in [0.15, 0.2) is 0 Å². The first-order valence-electron chi connectivity index (χ1n) is 9.35. The molecule has 0 fully saturated rings. The van der Waals surface area contributed by atoms with Gasteiger partial charge in [-0.2, -0.15) is 0 Å². The predicted octanol–water partition coefficient (Wildman–Crippen LogP) is 3.81. The van der Waals surface area contributed by atoms with Crippen molar-refractivity contribution < 1.29 is 5.11 Å². The Morgan fingerprint density at radius 1 is 0.857 bits per heavy atom. The van der Waals surface area contributed by atoms with Crippen LogP contribution in [0.3, 0.4) is 0 Å². The molecule has 21 heavy (non-hydrogen) atoms. The summed E-state index contributed by atoms with van der Waals surface area (Å²) in [6.07, 6.45) is 11.2. The smallest absolute Gasteiger partial charge is 0.0664 e. The molecule has 3 nitrogen and oxygen atoms in total. The van der Waals surface area contributed by atoms with Crippen molar-refractivity contribution in [3.8, 4) is 0 Å². The fourth-order valence-corrected chi connectivity index (χ4v) is 2.68. The first-order valence-corrected chi connectivity index (χ1v) is 9.35. The van der Waals surface area contributed by atoms with Gasteiger partial charge in [0.1, 0.15) is 0 Å². The second-order valence-electron chi connectivity index (χ2n) is 6.15. The van der Waals surface area contributed by atoms with E-state index < -0.39 is 0 Å². The zero-order valence-corrected chi connectivity index (χ0v) is 14.9. The third-order valence-corrected chi connectivity index (χ3v) is 4.24. The van der Waals surface area contributed by atoms with Crippen molar-refractivity contribution in [2.45, 2.75) is 84.7 Å². The van der Waals surface area contributed by atoms with Gasteiger partial charge in [-0.1, -0.05) is 65.7 Å². The van der Waals surface area contributed by atoms with Gasteiger partial charge in [0, 0.05) is 6.54 Å². The zero-order valence-electron chi connectivity index (χ0n) is 14.9. The summed E-state index contributed by atoms with van der Waals surface area (Å²) in [5, 5.41) is 13.3. The van der Waals surface area contributed by atoms with Gasteiger partial charge in [-0.05, 0) is 39.0 Å². The van der Waals surface area contributed by atoms with E-state index in [1.165, 1.54) is 51.4 Å². The Kier molecular flexibility index (Phi) is 16.2. The highest BCUT2D eigenvalue weighted by Crippen LogP contribution is 2.09. The normalized spacial score (nSPS) is 13.0. The molecule has 2 N–H and O–H groups in total. The molecular weight excluding hydrogens is 260 g/mol. The van der Waals surface area contributed by atoms with E-state index in [9.17, 15) is 5.11 Å². The molecule has 128 valence electrons. The van der Waals surface area contributed by atoms with Crippen LogP contribution in [-0.2, 0) is 0 Å². The summed E-state index contributed by atoms with van der Waals surface area (Å²) >= 11 is 0. The topological polar surface area (TPSA) is 35.5 Å². The van der Waals surface area contributed by atoms with Gasteiger partial charge in [0.25, 0.3) is 0 Å². The standard InChI is InChI=1S/C18H40N2O/c1-4-7-8-9-10-11-12-14-18(21)17-19-15-13-16-20(5-2)6-3/h18-19,21H,4-17H2,1-3H3. The molecule has 3 heteroatoms. The fourth-order valence-electron chi connectivity index (χ4n) is 2.68. The van der Waals surface area contributed by atoms with Crippen LogP contribution >= 0.6 is 0 Å². The Balaban J connectivity index is 3.25. The second kappa shape index (κ2) is 16.3. The molecule has 0 saturated heterocycles. The van der Waals surface area contributed by atoms with Crippen LogP contribution in [0.25, 0.3) is 0 Å². The molecule has 0 radical (unpaired) electrons. The Labute approximate surface area is 133 Å². The highest BCUT2D eigenvalue weighted by molar-refractivity contribution is 4.61. The number of rotatable bonds is 16. The minimum Gasteiger partial charge on any atom is -0.392 e. The fraction of sp³-hybridized carbons (Fsp3) is 1.00. The maximum absolute atomic E-state index is 9.92. The van der Waals surface area contributed by atoms with Crippen LogP contribution in [0.5, 0.6) is 0 Å². The molecule has 0 amide bonds. The molecule has 1 atom stereocenters. The molecule has 0 saturated carbocycles. The minimum absolute atomic E-state index is 0.158. The second-order valence-corrected chi connectivity index (χ2v) is 6.15. The molecule has 0 rings (SSSR count). The van der Waals surface area contributed by atoms with Crippen LogP contribution < -0.4 is 5.32 Å². The summed E-state index contributed by atoms with van der Waals surface area (Å²) in [6.45, 7) is 11.9. The van der Waals surface area contributed by atoms with Crippen LogP contribution in [0.1, 0.15) is 78.6 Å². The van der Waals surface area contributed by atoms with Crippen molar-refractivity contribution >= 4 is 0 Å². The number of aliphatic hydroxyl groups is 1. The first-order chi connectivity index (χ1) is 10.2. The van der Waals surface area contributed by atoms with Gasteiger partial charge in [0.05, 0.1) is 6.10 Å². The number of hydrogen-bond acceptors (Lipinski definition) is 3. The molecule has 0 aliphatic carbocycles. The van der Waals surface area contributed by atoms with Crippen LogP contribution in [0.4, 0.5) is 0 Å². The summed E-state index contributed by atoms with van der Waals surface area (Å²) < 4.78 is 0. The van der Waals surface area contributed by atoms with Crippen LogP contribution in [0.15, 0.2) is 0 Å². The van der Waals surface area contributed by atoms with Crippen LogP contribution in [0, 0.1) is 0 Å². The van der Waals surface area contributed by atoms with Crippen molar-refractivity contribution in [2.24, 2.45) is 0 Å². The lowest BCUT2D eigenvalue weighted by Gasteiger charge is -2.18. The Bertz CT molecular complexity index is 196. The molecule has 0 aliphatic rings. The predicted molar refractivity (Wildman–Crippen MR) is 93.9 cm³/mol. The molecule has 0 aliphatic heterocycles. The van der Waals surface area contributed by atoms with Crippen molar-refractivity contribution in [1.82, 2.24) is 10.2 Å². The molecule has 1 unspecified atom stereocenters. The van der Waals surface area contributed by atoms with Crippen molar-refractivity contribution in [2.75, 3.05) is 32.7 Å². The van der Waals surface area contributed by atoms with E-state index in [1.807, 2.05) is 0 Å². The van der Waals surface area contributed by atoms with E-state index in [0.717, 1.165) is 39.1 Å². The van der Waals surface area contributed by atoms with Gasteiger partial charge in [-0.3, -0.25) is 0 Å². The molecule has 0 aromatic rings. The van der Waals surface area contributed by atoms with Gasteiger partial charge >= 0.3 is 0 Å². The molecule has 0 heterocycles. The average Bonchev–Trinajstić information content (AvgIpc) is 2.50. The third kappa shape index (κ3) is 14.6. The van der Waals surface area contributed by atoms with E-state index in [4.69, 9.17) is 0 Å². The zero-order chi connectivity index (χ0) is 15.8. The summed E-state index contributed by atoms with van der Waals surface area (Å²) in [5.74, 6) is 0. The number of nitrogens with one attached hydrogen (secondary N) is 1. The summed E-state index contributed by atoms with van der Waals surface area (Å²) in [6, 6.07) is 0. The van der Waals surface area contributed by atoms with Crippen molar-refractivity contribution in [3.63, 3.8) is 0 Å².